The van der Waals surface area contributed by atoms with Crippen molar-refractivity contribution in [2.75, 3.05) is 28.3 Å². The van der Waals surface area contributed by atoms with Crippen LogP contribution in [0.1, 0.15) is 70.3 Å². The van der Waals surface area contributed by atoms with Crippen LogP contribution in [0.4, 0.5) is 0 Å². The molecule has 1 aromatic rings. The molecule has 1 aromatic carbocycles. The Kier molecular flexibility index (Phi) is 8.80. The first-order valence-electron chi connectivity index (χ1n) is 11.1. The summed E-state index contributed by atoms with van der Waals surface area (Å²) < 4.78 is 10.7. The van der Waals surface area contributed by atoms with Gasteiger partial charge in [0, 0.05) is 37.3 Å². The Bertz CT molecular complexity index is 765. The van der Waals surface area contributed by atoms with Gasteiger partial charge in [-0.1, -0.05) is 6.92 Å². The maximum atomic E-state index is 12.7. The SMILES string of the molecule is COc1cc(OC)cc(C(C)CCC(=O)CCC(C)(CC2C(=O)CCC2=O)N(C)C)c1. The molecule has 0 spiro atoms. The van der Waals surface area contributed by atoms with E-state index in [2.05, 4.69) is 6.92 Å². The van der Waals surface area contributed by atoms with Gasteiger partial charge in [0.15, 0.2) is 0 Å². The largest absolute Gasteiger partial charge is 0.497 e. The van der Waals surface area contributed by atoms with Crippen LogP contribution in [-0.2, 0) is 14.4 Å². The highest BCUT2D eigenvalue weighted by Gasteiger charge is 2.40. The zero-order valence-corrected chi connectivity index (χ0v) is 19.8. The Hall–Kier alpha value is -2.21. The number of rotatable bonds is 12. The van der Waals surface area contributed by atoms with Gasteiger partial charge in [0.25, 0.3) is 0 Å². The van der Waals surface area contributed by atoms with Crippen LogP contribution >= 0.6 is 0 Å². The van der Waals surface area contributed by atoms with Gasteiger partial charge in [-0.05, 0) is 63.9 Å². The Morgan fingerprint density at radius 2 is 1.61 bits per heavy atom. The lowest BCUT2D eigenvalue weighted by atomic mass is 9.81. The normalized spacial score (nSPS) is 17.6. The number of hydrogen-bond donors (Lipinski definition) is 0. The van der Waals surface area contributed by atoms with E-state index in [0.29, 0.717) is 38.5 Å². The lowest BCUT2D eigenvalue weighted by Gasteiger charge is -2.38. The second-order valence-corrected chi connectivity index (χ2v) is 9.21. The van der Waals surface area contributed by atoms with Gasteiger partial charge in [0.05, 0.1) is 20.1 Å². The average Bonchev–Trinajstić information content (AvgIpc) is 3.07. The molecule has 0 amide bonds. The maximum Gasteiger partial charge on any atom is 0.143 e. The molecule has 2 rings (SSSR count). The van der Waals surface area contributed by atoms with Crippen LogP contribution in [0.5, 0.6) is 11.5 Å². The van der Waals surface area contributed by atoms with Gasteiger partial charge >= 0.3 is 0 Å². The van der Waals surface area contributed by atoms with Crippen molar-refractivity contribution >= 4 is 17.3 Å². The van der Waals surface area contributed by atoms with Crippen molar-refractivity contribution in [3.8, 4) is 11.5 Å². The van der Waals surface area contributed by atoms with E-state index in [0.717, 1.165) is 23.5 Å². The third-order valence-corrected chi connectivity index (χ3v) is 6.86. The Balaban J connectivity index is 1.92. The summed E-state index contributed by atoms with van der Waals surface area (Å²) in [5.41, 5.74) is 0.724. The molecule has 2 atom stereocenters. The minimum Gasteiger partial charge on any atom is -0.497 e. The van der Waals surface area contributed by atoms with Gasteiger partial charge in [0.1, 0.15) is 28.8 Å². The summed E-state index contributed by atoms with van der Waals surface area (Å²) in [6, 6.07) is 5.80. The fourth-order valence-electron chi connectivity index (χ4n) is 4.14. The number of carbonyl (C=O) groups is 3. The third-order valence-electron chi connectivity index (χ3n) is 6.86. The molecule has 1 fully saturated rings. The number of carbonyl (C=O) groups excluding carboxylic acids is 3. The minimum atomic E-state index is -0.509. The lowest BCUT2D eigenvalue weighted by molar-refractivity contribution is -0.128. The van der Waals surface area contributed by atoms with Crippen molar-refractivity contribution < 1.29 is 23.9 Å². The van der Waals surface area contributed by atoms with Crippen molar-refractivity contribution in [1.29, 1.82) is 0 Å². The van der Waals surface area contributed by atoms with Crippen molar-refractivity contribution in [2.45, 2.75) is 70.3 Å². The summed E-state index contributed by atoms with van der Waals surface area (Å²) in [6.45, 7) is 4.15. The van der Waals surface area contributed by atoms with E-state index in [1.807, 2.05) is 44.1 Å². The summed E-state index contributed by atoms with van der Waals surface area (Å²) in [5, 5.41) is 0. The van der Waals surface area contributed by atoms with Crippen LogP contribution in [0.15, 0.2) is 18.2 Å². The number of methoxy groups -OCH3 is 2. The van der Waals surface area contributed by atoms with Gasteiger partial charge in [-0.3, -0.25) is 14.4 Å². The molecule has 0 heterocycles. The highest BCUT2D eigenvalue weighted by Crippen LogP contribution is 2.33. The van der Waals surface area contributed by atoms with Crippen LogP contribution in [-0.4, -0.2) is 56.1 Å². The number of nitrogens with zero attached hydrogens (tertiary/aromatic N) is 1. The molecule has 31 heavy (non-hydrogen) atoms. The maximum absolute atomic E-state index is 12.7. The highest BCUT2D eigenvalue weighted by atomic mass is 16.5. The highest BCUT2D eigenvalue weighted by molar-refractivity contribution is 6.08. The van der Waals surface area contributed by atoms with Crippen LogP contribution < -0.4 is 9.47 Å². The number of ether oxygens (including phenoxy) is 2. The van der Waals surface area contributed by atoms with E-state index in [4.69, 9.17) is 9.47 Å². The standard InChI is InChI=1S/C25H37NO5/c1-17(18-13-20(30-5)15-21(14-18)31-6)7-8-19(27)11-12-25(2,26(3)4)16-22-23(28)9-10-24(22)29/h13-15,17,22H,7-12,16H2,1-6H3. The van der Waals surface area contributed by atoms with Crippen molar-refractivity contribution in [2.24, 2.45) is 5.92 Å². The number of benzene rings is 1. The molecule has 0 radical (unpaired) electrons. The Morgan fingerprint density at radius 3 is 2.10 bits per heavy atom. The quantitative estimate of drug-likeness (QED) is 0.462. The first-order valence-corrected chi connectivity index (χ1v) is 11.1. The second-order valence-electron chi connectivity index (χ2n) is 9.21. The molecule has 172 valence electrons. The Morgan fingerprint density at radius 1 is 1.06 bits per heavy atom. The van der Waals surface area contributed by atoms with E-state index in [1.54, 1.807) is 14.2 Å². The zero-order valence-electron chi connectivity index (χ0n) is 19.8. The van der Waals surface area contributed by atoms with Crippen LogP contribution in [0.2, 0.25) is 0 Å². The van der Waals surface area contributed by atoms with E-state index in [1.165, 1.54) is 0 Å². The van der Waals surface area contributed by atoms with Crippen LogP contribution in [0.25, 0.3) is 0 Å². The van der Waals surface area contributed by atoms with E-state index < -0.39 is 5.92 Å². The van der Waals surface area contributed by atoms with Crippen molar-refractivity contribution in [3.05, 3.63) is 23.8 Å². The number of ketones is 3. The van der Waals surface area contributed by atoms with Crippen LogP contribution in [0, 0.1) is 5.92 Å². The second kappa shape index (κ2) is 10.9. The van der Waals surface area contributed by atoms with E-state index in [9.17, 15) is 14.4 Å². The molecule has 0 saturated heterocycles. The van der Waals surface area contributed by atoms with Crippen molar-refractivity contribution in [1.82, 2.24) is 4.90 Å². The van der Waals surface area contributed by atoms with E-state index >= 15 is 0 Å². The van der Waals surface area contributed by atoms with Gasteiger partial charge in [-0.25, -0.2) is 0 Å². The molecule has 0 bridgehead atoms. The minimum absolute atomic E-state index is 0.0481. The van der Waals surface area contributed by atoms with Gasteiger partial charge in [-0.2, -0.15) is 0 Å². The monoisotopic (exact) mass is 431 g/mol. The summed E-state index contributed by atoms with van der Waals surface area (Å²) >= 11 is 0. The van der Waals surface area contributed by atoms with Crippen LogP contribution in [0.3, 0.4) is 0 Å². The molecule has 0 aromatic heterocycles. The zero-order chi connectivity index (χ0) is 23.2. The van der Waals surface area contributed by atoms with Gasteiger partial charge < -0.3 is 14.4 Å². The first-order chi connectivity index (χ1) is 14.6. The van der Waals surface area contributed by atoms with Gasteiger partial charge in [-0.15, -0.1) is 0 Å². The molecule has 6 nitrogen and oxygen atoms in total. The van der Waals surface area contributed by atoms with Gasteiger partial charge in [0.2, 0.25) is 0 Å². The topological polar surface area (TPSA) is 72.9 Å². The van der Waals surface area contributed by atoms with Crippen molar-refractivity contribution in [3.63, 3.8) is 0 Å². The summed E-state index contributed by atoms with van der Waals surface area (Å²) in [6.07, 6.45) is 3.52. The Labute approximate surface area is 186 Å². The smallest absolute Gasteiger partial charge is 0.143 e. The number of hydrogen-bond acceptors (Lipinski definition) is 6. The molecule has 2 unspecified atom stereocenters. The predicted octanol–water partition coefficient (Wildman–Crippen LogP) is 4.20. The molecular weight excluding hydrogens is 394 g/mol. The lowest BCUT2D eigenvalue weighted by Crippen LogP contribution is -2.44. The predicted molar refractivity (Wildman–Crippen MR) is 121 cm³/mol. The molecule has 0 N–H and O–H groups in total. The molecule has 1 aliphatic carbocycles. The summed E-state index contributed by atoms with van der Waals surface area (Å²) in [7, 11) is 7.15. The summed E-state index contributed by atoms with van der Waals surface area (Å²) in [5.74, 6) is 1.47. The molecule has 6 heteroatoms. The molecule has 1 saturated carbocycles. The summed E-state index contributed by atoms with van der Waals surface area (Å²) in [4.78, 5) is 38.9. The first kappa shape index (κ1) is 25.1. The fourth-order valence-corrected chi connectivity index (χ4v) is 4.14. The average molecular weight is 432 g/mol. The van der Waals surface area contributed by atoms with E-state index in [-0.39, 0.29) is 28.8 Å². The fraction of sp³-hybridized carbons (Fsp3) is 0.640. The number of Topliss-reactive ketones (excluding diaryl/α,β-unsaturated/α-hetero) is 3. The molecular formula is C25H37NO5. The third kappa shape index (κ3) is 6.63. The molecule has 0 aliphatic heterocycles. The molecule has 1 aliphatic rings.